The normalized spacial score (nSPS) is 11.4. The Hall–Kier alpha value is -3.02. The quantitative estimate of drug-likeness (QED) is 0.442. The SMILES string of the molecule is CCN(CC)CCOc1ccc(C(O)(c2ccc(OC)cc2)c2ccc(OC)cc2)cc1. The average molecular weight is 436 g/mol. The van der Waals surface area contributed by atoms with Gasteiger partial charge < -0.3 is 24.2 Å². The zero-order chi connectivity index (χ0) is 23.0. The first-order valence-corrected chi connectivity index (χ1v) is 11.0. The van der Waals surface area contributed by atoms with Crippen LogP contribution in [0.5, 0.6) is 17.2 Å². The lowest BCUT2D eigenvalue weighted by Crippen LogP contribution is -2.29. The summed E-state index contributed by atoms with van der Waals surface area (Å²) >= 11 is 0. The molecule has 0 fully saturated rings. The molecule has 0 aliphatic carbocycles. The van der Waals surface area contributed by atoms with Gasteiger partial charge >= 0.3 is 0 Å². The summed E-state index contributed by atoms with van der Waals surface area (Å²) in [4.78, 5) is 2.32. The fraction of sp³-hybridized carbons (Fsp3) is 0.333. The molecular weight excluding hydrogens is 402 g/mol. The van der Waals surface area contributed by atoms with Crippen LogP contribution in [0.1, 0.15) is 30.5 Å². The van der Waals surface area contributed by atoms with Crippen molar-refractivity contribution in [2.24, 2.45) is 0 Å². The number of methoxy groups -OCH3 is 2. The summed E-state index contributed by atoms with van der Waals surface area (Å²) in [5.74, 6) is 2.26. The number of hydrogen-bond acceptors (Lipinski definition) is 5. The Morgan fingerprint density at radius 2 is 1.03 bits per heavy atom. The molecule has 3 aromatic rings. The molecule has 0 aromatic heterocycles. The van der Waals surface area contributed by atoms with Crippen molar-refractivity contribution in [2.45, 2.75) is 19.4 Å². The summed E-state index contributed by atoms with van der Waals surface area (Å²) in [5.41, 5.74) is 0.916. The Bertz CT molecular complexity index is 901. The molecule has 0 atom stereocenters. The molecular formula is C27H33NO4. The van der Waals surface area contributed by atoms with Crippen molar-refractivity contribution in [1.82, 2.24) is 4.90 Å². The van der Waals surface area contributed by atoms with Crippen LogP contribution in [0.2, 0.25) is 0 Å². The highest BCUT2D eigenvalue weighted by Crippen LogP contribution is 2.38. The van der Waals surface area contributed by atoms with Crippen LogP contribution in [0, 0.1) is 0 Å². The highest BCUT2D eigenvalue weighted by molar-refractivity contribution is 5.50. The Balaban J connectivity index is 1.90. The van der Waals surface area contributed by atoms with Crippen molar-refractivity contribution in [2.75, 3.05) is 40.5 Å². The van der Waals surface area contributed by atoms with Gasteiger partial charge in [0.2, 0.25) is 0 Å². The van der Waals surface area contributed by atoms with Gasteiger partial charge in [-0.25, -0.2) is 0 Å². The van der Waals surface area contributed by atoms with Gasteiger partial charge in [-0.15, -0.1) is 0 Å². The number of ether oxygens (including phenoxy) is 3. The van der Waals surface area contributed by atoms with E-state index in [1.165, 1.54) is 0 Å². The van der Waals surface area contributed by atoms with Crippen molar-refractivity contribution in [1.29, 1.82) is 0 Å². The minimum absolute atomic E-state index is 0.627. The maximum absolute atomic E-state index is 12.0. The van der Waals surface area contributed by atoms with Crippen LogP contribution in [0.25, 0.3) is 0 Å². The highest BCUT2D eigenvalue weighted by atomic mass is 16.5. The lowest BCUT2D eigenvalue weighted by molar-refractivity contribution is 0.125. The van der Waals surface area contributed by atoms with Crippen LogP contribution in [-0.4, -0.2) is 50.5 Å². The minimum atomic E-state index is -1.34. The molecule has 1 N–H and O–H groups in total. The van der Waals surface area contributed by atoms with Gasteiger partial charge in [-0.05, 0) is 66.2 Å². The summed E-state index contributed by atoms with van der Waals surface area (Å²) in [6.45, 7) is 7.83. The van der Waals surface area contributed by atoms with Gasteiger partial charge in [-0.2, -0.15) is 0 Å². The molecule has 0 aliphatic rings. The molecule has 0 saturated heterocycles. The topological polar surface area (TPSA) is 51.2 Å². The van der Waals surface area contributed by atoms with Crippen LogP contribution in [-0.2, 0) is 5.60 Å². The van der Waals surface area contributed by atoms with Crippen LogP contribution >= 0.6 is 0 Å². The molecule has 0 aliphatic heterocycles. The molecule has 0 saturated carbocycles. The van der Waals surface area contributed by atoms with Gasteiger partial charge in [0.25, 0.3) is 0 Å². The maximum Gasteiger partial charge on any atom is 0.140 e. The number of hydrogen-bond donors (Lipinski definition) is 1. The summed E-state index contributed by atoms with van der Waals surface area (Å²) in [5, 5.41) is 12.0. The minimum Gasteiger partial charge on any atom is -0.497 e. The molecule has 3 aromatic carbocycles. The van der Waals surface area contributed by atoms with Gasteiger partial charge in [-0.1, -0.05) is 50.2 Å². The zero-order valence-corrected chi connectivity index (χ0v) is 19.4. The zero-order valence-electron chi connectivity index (χ0n) is 19.4. The molecule has 0 bridgehead atoms. The molecule has 0 amide bonds. The van der Waals surface area contributed by atoms with Crippen molar-refractivity contribution >= 4 is 0 Å². The average Bonchev–Trinajstić information content (AvgIpc) is 2.86. The Morgan fingerprint density at radius 3 is 1.38 bits per heavy atom. The summed E-state index contributed by atoms with van der Waals surface area (Å²) in [7, 11) is 3.26. The number of aliphatic hydroxyl groups is 1. The second-order valence-corrected chi connectivity index (χ2v) is 7.57. The van der Waals surface area contributed by atoms with Crippen molar-refractivity contribution in [3.05, 3.63) is 89.5 Å². The van der Waals surface area contributed by atoms with Gasteiger partial charge in [-0.3, -0.25) is 0 Å². The Labute approximate surface area is 191 Å². The largest absolute Gasteiger partial charge is 0.497 e. The second kappa shape index (κ2) is 11.0. The predicted molar refractivity (Wildman–Crippen MR) is 128 cm³/mol. The third kappa shape index (κ3) is 5.23. The smallest absolute Gasteiger partial charge is 0.140 e. The van der Waals surface area contributed by atoms with Crippen LogP contribution < -0.4 is 14.2 Å². The molecule has 32 heavy (non-hydrogen) atoms. The van der Waals surface area contributed by atoms with Crippen LogP contribution in [0.15, 0.2) is 72.8 Å². The second-order valence-electron chi connectivity index (χ2n) is 7.57. The van der Waals surface area contributed by atoms with E-state index < -0.39 is 5.60 Å². The molecule has 3 rings (SSSR count). The molecule has 0 radical (unpaired) electrons. The number of rotatable bonds is 11. The number of likely N-dealkylation sites (N-methyl/N-ethyl adjacent to an activating group) is 1. The number of benzene rings is 3. The van der Waals surface area contributed by atoms with Gasteiger partial charge in [0.05, 0.1) is 14.2 Å². The standard InChI is InChI=1S/C27H33NO4/c1-5-28(6-2)19-20-32-26-17-11-23(12-18-26)27(29,21-7-13-24(30-3)14-8-21)22-9-15-25(31-4)16-10-22/h7-18,29H,5-6,19-20H2,1-4H3. The maximum atomic E-state index is 12.0. The van der Waals surface area contributed by atoms with Gasteiger partial charge in [0.15, 0.2) is 0 Å². The fourth-order valence-electron chi connectivity index (χ4n) is 3.79. The summed E-state index contributed by atoms with van der Waals surface area (Å²) < 4.78 is 16.5. The highest BCUT2D eigenvalue weighted by Gasteiger charge is 2.34. The van der Waals surface area contributed by atoms with E-state index in [4.69, 9.17) is 14.2 Å². The first-order valence-electron chi connectivity index (χ1n) is 11.0. The van der Waals surface area contributed by atoms with E-state index in [1.807, 2.05) is 72.8 Å². The molecule has 170 valence electrons. The summed E-state index contributed by atoms with van der Waals surface area (Å²) in [6.07, 6.45) is 0. The molecule has 5 nitrogen and oxygen atoms in total. The molecule has 0 spiro atoms. The van der Waals surface area contributed by atoms with Crippen LogP contribution in [0.4, 0.5) is 0 Å². The van der Waals surface area contributed by atoms with Crippen molar-refractivity contribution < 1.29 is 19.3 Å². The number of nitrogens with zero attached hydrogens (tertiary/aromatic N) is 1. The Kier molecular flexibility index (Phi) is 8.14. The third-order valence-corrected chi connectivity index (χ3v) is 5.86. The Morgan fingerprint density at radius 1 is 0.656 bits per heavy atom. The third-order valence-electron chi connectivity index (χ3n) is 5.86. The fourth-order valence-corrected chi connectivity index (χ4v) is 3.79. The lowest BCUT2D eigenvalue weighted by atomic mass is 9.80. The van der Waals surface area contributed by atoms with E-state index in [-0.39, 0.29) is 0 Å². The van der Waals surface area contributed by atoms with Crippen molar-refractivity contribution in [3.63, 3.8) is 0 Å². The lowest BCUT2D eigenvalue weighted by Gasteiger charge is -2.30. The molecule has 0 heterocycles. The first kappa shape index (κ1) is 23.6. The molecule has 5 heteroatoms. The van der Waals surface area contributed by atoms with Gasteiger partial charge in [0, 0.05) is 6.54 Å². The van der Waals surface area contributed by atoms with E-state index in [2.05, 4.69) is 18.7 Å². The first-order chi connectivity index (χ1) is 15.5. The van der Waals surface area contributed by atoms with E-state index in [1.54, 1.807) is 14.2 Å². The predicted octanol–water partition coefficient (Wildman–Crippen LogP) is 4.71. The van der Waals surface area contributed by atoms with Gasteiger partial charge in [0.1, 0.15) is 29.5 Å². The summed E-state index contributed by atoms with van der Waals surface area (Å²) in [6, 6.07) is 22.6. The van der Waals surface area contributed by atoms with Crippen molar-refractivity contribution in [3.8, 4) is 17.2 Å². The van der Waals surface area contributed by atoms with E-state index in [9.17, 15) is 5.11 Å². The van der Waals surface area contributed by atoms with E-state index in [0.717, 1.165) is 53.6 Å². The molecule has 0 unspecified atom stereocenters. The van der Waals surface area contributed by atoms with E-state index in [0.29, 0.717) is 6.61 Å². The van der Waals surface area contributed by atoms with Crippen LogP contribution in [0.3, 0.4) is 0 Å². The monoisotopic (exact) mass is 435 g/mol. The van der Waals surface area contributed by atoms with E-state index >= 15 is 0 Å².